The van der Waals surface area contributed by atoms with Gasteiger partial charge in [-0.15, -0.1) is 5.73 Å². The van der Waals surface area contributed by atoms with E-state index in [9.17, 15) is 9.59 Å². The summed E-state index contributed by atoms with van der Waals surface area (Å²) < 4.78 is 9.31. The van der Waals surface area contributed by atoms with Crippen molar-refractivity contribution < 1.29 is 19.1 Å². The van der Waals surface area contributed by atoms with E-state index in [4.69, 9.17) is 0 Å². The van der Waals surface area contributed by atoms with E-state index in [1.165, 1.54) is 21.1 Å². The van der Waals surface area contributed by atoms with E-state index in [2.05, 4.69) is 15.2 Å². The number of methoxy groups -OCH3 is 2. The molecule has 0 saturated carbocycles. The van der Waals surface area contributed by atoms with Gasteiger partial charge in [0.1, 0.15) is 0 Å². The van der Waals surface area contributed by atoms with Crippen molar-refractivity contribution in [3.8, 4) is 0 Å². The standard InChI is InChI=1S/C14H22O4/c1-6-11(7-2)9-8-10-14(3,12(15)17-4)13(16)18-5/h8H,6-7,10H2,1-5H3. The van der Waals surface area contributed by atoms with Crippen LogP contribution in [-0.4, -0.2) is 26.2 Å². The lowest BCUT2D eigenvalue weighted by molar-refractivity contribution is -0.167. The molecule has 0 atom stereocenters. The summed E-state index contributed by atoms with van der Waals surface area (Å²) in [5, 5.41) is 0. The molecule has 0 bridgehead atoms. The second kappa shape index (κ2) is 7.72. The molecule has 0 N–H and O–H groups in total. The summed E-state index contributed by atoms with van der Waals surface area (Å²) in [5.41, 5.74) is 2.95. The molecule has 0 saturated heterocycles. The van der Waals surface area contributed by atoms with Crippen molar-refractivity contribution >= 4 is 11.9 Å². The van der Waals surface area contributed by atoms with Crippen molar-refractivity contribution in [2.45, 2.75) is 40.0 Å². The first-order valence-corrected chi connectivity index (χ1v) is 6.05. The van der Waals surface area contributed by atoms with Crippen LogP contribution in [0.3, 0.4) is 0 Å². The lowest BCUT2D eigenvalue weighted by atomic mass is 9.86. The topological polar surface area (TPSA) is 52.6 Å². The molecule has 0 spiro atoms. The van der Waals surface area contributed by atoms with Gasteiger partial charge in [-0.05, 0) is 37.8 Å². The molecule has 4 nitrogen and oxygen atoms in total. The minimum Gasteiger partial charge on any atom is -0.468 e. The Morgan fingerprint density at radius 2 is 1.56 bits per heavy atom. The van der Waals surface area contributed by atoms with Crippen LogP contribution in [-0.2, 0) is 19.1 Å². The number of esters is 2. The van der Waals surface area contributed by atoms with Gasteiger partial charge in [-0.2, -0.15) is 0 Å². The number of allylic oxidation sites excluding steroid dienone is 1. The predicted molar refractivity (Wildman–Crippen MR) is 68.9 cm³/mol. The molecular weight excluding hydrogens is 232 g/mol. The largest absolute Gasteiger partial charge is 0.468 e. The van der Waals surface area contributed by atoms with Crippen LogP contribution in [0.15, 0.2) is 17.4 Å². The normalized spacial score (nSPS) is 10.3. The number of rotatable bonds is 6. The Morgan fingerprint density at radius 3 is 1.89 bits per heavy atom. The van der Waals surface area contributed by atoms with E-state index in [0.717, 1.165) is 18.4 Å². The van der Waals surface area contributed by atoms with Crippen molar-refractivity contribution in [2.24, 2.45) is 5.41 Å². The van der Waals surface area contributed by atoms with Crippen molar-refractivity contribution in [3.63, 3.8) is 0 Å². The minimum atomic E-state index is -1.30. The molecule has 0 heterocycles. The lowest BCUT2D eigenvalue weighted by Crippen LogP contribution is -2.38. The molecule has 4 heteroatoms. The van der Waals surface area contributed by atoms with Gasteiger partial charge in [0.15, 0.2) is 5.41 Å². The Labute approximate surface area is 109 Å². The quantitative estimate of drug-likeness (QED) is 0.415. The maximum atomic E-state index is 11.7. The van der Waals surface area contributed by atoms with Crippen LogP contribution in [0.1, 0.15) is 40.0 Å². The van der Waals surface area contributed by atoms with E-state index in [1.807, 2.05) is 13.8 Å². The second-order valence-electron chi connectivity index (χ2n) is 4.18. The molecule has 0 radical (unpaired) electrons. The first-order chi connectivity index (χ1) is 8.46. The van der Waals surface area contributed by atoms with Gasteiger partial charge in [-0.3, -0.25) is 9.59 Å². The van der Waals surface area contributed by atoms with Crippen LogP contribution < -0.4 is 0 Å². The number of ether oxygens (including phenoxy) is 2. The van der Waals surface area contributed by atoms with E-state index in [0.29, 0.717) is 0 Å². The number of carbonyl (C=O) groups is 2. The minimum absolute atomic E-state index is 0.218. The van der Waals surface area contributed by atoms with Crippen molar-refractivity contribution in [1.82, 2.24) is 0 Å². The number of carbonyl (C=O) groups excluding carboxylic acids is 2. The highest BCUT2D eigenvalue weighted by atomic mass is 16.5. The molecule has 0 aliphatic heterocycles. The number of hydrogen-bond acceptors (Lipinski definition) is 4. The van der Waals surface area contributed by atoms with Gasteiger partial charge in [-0.1, -0.05) is 13.8 Å². The number of hydrogen-bond donors (Lipinski definition) is 0. The fourth-order valence-corrected chi connectivity index (χ4v) is 1.55. The molecule has 0 aromatic carbocycles. The van der Waals surface area contributed by atoms with Gasteiger partial charge in [0.05, 0.1) is 14.2 Å². The van der Waals surface area contributed by atoms with Crippen LogP contribution in [0.2, 0.25) is 0 Å². The summed E-state index contributed by atoms with van der Waals surface area (Å²) in [6.45, 7) is 5.60. The zero-order chi connectivity index (χ0) is 14.2. The maximum Gasteiger partial charge on any atom is 0.323 e. The predicted octanol–water partition coefficient (Wildman–Crippen LogP) is 2.63. The monoisotopic (exact) mass is 254 g/mol. The van der Waals surface area contributed by atoms with Crippen LogP contribution in [0.4, 0.5) is 0 Å². The van der Waals surface area contributed by atoms with E-state index in [1.54, 1.807) is 6.08 Å². The molecule has 0 aromatic heterocycles. The summed E-state index contributed by atoms with van der Waals surface area (Å²) in [7, 11) is 2.51. The molecule has 102 valence electrons. The molecular formula is C14H22O4. The van der Waals surface area contributed by atoms with Gasteiger partial charge >= 0.3 is 11.9 Å². The van der Waals surface area contributed by atoms with Crippen molar-refractivity contribution in [2.75, 3.05) is 14.2 Å². The highest BCUT2D eigenvalue weighted by Crippen LogP contribution is 2.25. The molecule has 0 amide bonds. The zero-order valence-electron chi connectivity index (χ0n) is 11.8. The van der Waals surface area contributed by atoms with Gasteiger partial charge in [0.25, 0.3) is 0 Å². The fraction of sp³-hybridized carbons (Fsp3) is 0.643. The van der Waals surface area contributed by atoms with Crippen molar-refractivity contribution in [1.29, 1.82) is 0 Å². The Morgan fingerprint density at radius 1 is 1.11 bits per heavy atom. The molecule has 0 aliphatic rings. The van der Waals surface area contributed by atoms with Gasteiger partial charge in [0.2, 0.25) is 0 Å². The Bertz CT molecular complexity index is 340. The third-order valence-corrected chi connectivity index (χ3v) is 2.94. The first-order valence-electron chi connectivity index (χ1n) is 6.05. The van der Waals surface area contributed by atoms with Crippen LogP contribution in [0.25, 0.3) is 0 Å². The first kappa shape index (κ1) is 16.5. The average Bonchev–Trinajstić information content (AvgIpc) is 2.41. The Hall–Kier alpha value is -1.54. The highest BCUT2D eigenvalue weighted by Gasteiger charge is 2.42. The van der Waals surface area contributed by atoms with Gasteiger partial charge in [0, 0.05) is 0 Å². The van der Waals surface area contributed by atoms with Crippen LogP contribution in [0, 0.1) is 5.41 Å². The fourth-order valence-electron chi connectivity index (χ4n) is 1.55. The summed E-state index contributed by atoms with van der Waals surface area (Å²) >= 11 is 0. The Balaban J connectivity index is 5.10. The SMILES string of the molecule is CCC(=C=CCC(C)(C(=O)OC)C(=O)OC)CC. The van der Waals surface area contributed by atoms with E-state index in [-0.39, 0.29) is 6.42 Å². The lowest BCUT2D eigenvalue weighted by Gasteiger charge is -2.21. The van der Waals surface area contributed by atoms with Crippen molar-refractivity contribution in [3.05, 3.63) is 17.4 Å². The third kappa shape index (κ3) is 4.04. The maximum absolute atomic E-state index is 11.7. The molecule has 0 rings (SSSR count). The molecule has 0 aromatic rings. The summed E-state index contributed by atoms with van der Waals surface area (Å²) in [6, 6.07) is 0. The van der Waals surface area contributed by atoms with Gasteiger partial charge in [-0.25, -0.2) is 0 Å². The van der Waals surface area contributed by atoms with Gasteiger partial charge < -0.3 is 9.47 Å². The third-order valence-electron chi connectivity index (χ3n) is 2.94. The summed E-state index contributed by atoms with van der Waals surface area (Å²) in [5.74, 6) is -1.19. The van der Waals surface area contributed by atoms with E-state index < -0.39 is 17.4 Å². The molecule has 0 fully saturated rings. The second-order valence-corrected chi connectivity index (χ2v) is 4.18. The Kier molecular flexibility index (Phi) is 7.06. The molecule has 0 aliphatic carbocycles. The molecule has 0 unspecified atom stereocenters. The van der Waals surface area contributed by atoms with Crippen LogP contribution in [0.5, 0.6) is 0 Å². The summed E-state index contributed by atoms with van der Waals surface area (Å²) in [6.07, 6.45) is 3.73. The van der Waals surface area contributed by atoms with Crippen LogP contribution >= 0.6 is 0 Å². The molecule has 18 heavy (non-hydrogen) atoms. The smallest absolute Gasteiger partial charge is 0.323 e. The highest BCUT2D eigenvalue weighted by molar-refractivity contribution is 5.99. The summed E-state index contributed by atoms with van der Waals surface area (Å²) in [4.78, 5) is 23.3. The average molecular weight is 254 g/mol. The zero-order valence-corrected chi connectivity index (χ0v) is 11.8. The van der Waals surface area contributed by atoms with E-state index >= 15 is 0 Å².